The molecule has 7 heteroatoms. The summed E-state index contributed by atoms with van der Waals surface area (Å²) in [5.41, 5.74) is 0.521. The number of aromatic nitrogens is 2. The van der Waals surface area contributed by atoms with Gasteiger partial charge in [-0.2, -0.15) is 0 Å². The summed E-state index contributed by atoms with van der Waals surface area (Å²) in [5, 5.41) is 6.76. The number of fused-ring (bicyclic) bond motifs is 1. The Morgan fingerprint density at radius 2 is 2.11 bits per heavy atom. The second-order valence-corrected chi connectivity index (χ2v) is 6.37. The average Bonchev–Trinajstić information content (AvgIpc) is 2.92. The van der Waals surface area contributed by atoms with Crippen LogP contribution in [0.4, 0.5) is 5.82 Å². The first kappa shape index (κ1) is 12.8. The van der Waals surface area contributed by atoms with Crippen molar-refractivity contribution in [3.8, 4) is 0 Å². The number of anilines is 1. The van der Waals surface area contributed by atoms with E-state index in [0.29, 0.717) is 21.5 Å². The van der Waals surface area contributed by atoms with E-state index in [1.165, 1.54) is 11.8 Å². The van der Waals surface area contributed by atoms with Crippen molar-refractivity contribution in [1.29, 1.82) is 0 Å². The van der Waals surface area contributed by atoms with E-state index in [0.717, 1.165) is 10.5 Å². The first-order chi connectivity index (χ1) is 9.22. The van der Waals surface area contributed by atoms with Crippen LogP contribution in [0.3, 0.4) is 0 Å². The number of nitrogens with zero attached hydrogens (tertiary/aromatic N) is 2. The molecule has 0 bridgehead atoms. The largest absolute Gasteiger partial charge is 0.306 e. The van der Waals surface area contributed by atoms with Gasteiger partial charge < -0.3 is 5.32 Å². The molecule has 0 unspecified atom stereocenters. The number of thioether (sulfide) groups is 2. The van der Waals surface area contributed by atoms with E-state index < -0.39 is 0 Å². The summed E-state index contributed by atoms with van der Waals surface area (Å²) < 4.78 is 0. The SMILES string of the molecule is O=C(Nc1ccc2ccc(Cl)nc2n1)C1=CSCS1. The van der Waals surface area contributed by atoms with Gasteiger partial charge in [-0.15, -0.1) is 23.5 Å². The molecule has 0 saturated heterocycles. The molecule has 0 atom stereocenters. The first-order valence-electron chi connectivity index (χ1n) is 5.41. The van der Waals surface area contributed by atoms with Crippen LogP contribution in [0, 0.1) is 0 Å². The van der Waals surface area contributed by atoms with Crippen LogP contribution in [0.15, 0.2) is 34.6 Å². The topological polar surface area (TPSA) is 54.9 Å². The number of carbonyl (C=O) groups excluding carboxylic acids is 1. The summed E-state index contributed by atoms with van der Waals surface area (Å²) in [4.78, 5) is 21.0. The van der Waals surface area contributed by atoms with Crippen LogP contribution in [-0.4, -0.2) is 21.0 Å². The summed E-state index contributed by atoms with van der Waals surface area (Å²) in [5.74, 6) is 0.342. The minimum atomic E-state index is -0.135. The van der Waals surface area contributed by atoms with Gasteiger partial charge in [-0.1, -0.05) is 11.6 Å². The van der Waals surface area contributed by atoms with Gasteiger partial charge in [0.25, 0.3) is 5.91 Å². The van der Waals surface area contributed by atoms with Crippen molar-refractivity contribution in [2.75, 3.05) is 10.4 Å². The molecule has 0 aliphatic carbocycles. The zero-order valence-corrected chi connectivity index (χ0v) is 12.0. The summed E-state index contributed by atoms with van der Waals surface area (Å²) in [6.07, 6.45) is 0. The average molecular weight is 310 g/mol. The zero-order chi connectivity index (χ0) is 13.2. The molecule has 96 valence electrons. The molecule has 1 aliphatic heterocycles. The predicted molar refractivity (Wildman–Crippen MR) is 81.3 cm³/mol. The third-order valence-electron chi connectivity index (χ3n) is 2.46. The van der Waals surface area contributed by atoms with Gasteiger partial charge >= 0.3 is 0 Å². The smallest absolute Gasteiger partial charge is 0.263 e. The van der Waals surface area contributed by atoms with E-state index in [1.54, 1.807) is 23.9 Å². The van der Waals surface area contributed by atoms with Crippen LogP contribution in [0.25, 0.3) is 11.0 Å². The fourth-order valence-corrected chi connectivity index (χ4v) is 3.70. The van der Waals surface area contributed by atoms with Crippen LogP contribution in [0.2, 0.25) is 5.15 Å². The highest BCUT2D eigenvalue weighted by Crippen LogP contribution is 2.32. The fourth-order valence-electron chi connectivity index (χ4n) is 1.58. The Bertz CT molecular complexity index is 690. The van der Waals surface area contributed by atoms with Crippen molar-refractivity contribution < 1.29 is 4.79 Å². The van der Waals surface area contributed by atoms with Crippen molar-refractivity contribution in [2.24, 2.45) is 0 Å². The lowest BCUT2D eigenvalue weighted by molar-refractivity contribution is -0.112. The second kappa shape index (κ2) is 5.40. The predicted octanol–water partition coefficient (Wildman–Crippen LogP) is 3.50. The Kier molecular flexibility index (Phi) is 3.63. The molecule has 4 nitrogen and oxygen atoms in total. The third-order valence-corrected chi connectivity index (χ3v) is 4.85. The number of pyridine rings is 2. The van der Waals surface area contributed by atoms with E-state index >= 15 is 0 Å². The number of rotatable bonds is 2. The van der Waals surface area contributed by atoms with Gasteiger partial charge in [0.15, 0.2) is 5.65 Å². The minimum Gasteiger partial charge on any atom is -0.306 e. The first-order valence-corrected chi connectivity index (χ1v) is 7.83. The molecule has 3 heterocycles. The maximum Gasteiger partial charge on any atom is 0.263 e. The number of carbonyl (C=O) groups is 1. The molecule has 19 heavy (non-hydrogen) atoms. The van der Waals surface area contributed by atoms with E-state index in [4.69, 9.17) is 11.6 Å². The van der Waals surface area contributed by atoms with Gasteiger partial charge in [-0.25, -0.2) is 9.97 Å². The lowest BCUT2D eigenvalue weighted by atomic mass is 10.3. The molecular weight excluding hydrogens is 302 g/mol. The second-order valence-electron chi connectivity index (χ2n) is 3.74. The molecule has 1 aliphatic rings. The lowest BCUT2D eigenvalue weighted by Gasteiger charge is -2.05. The lowest BCUT2D eigenvalue weighted by Crippen LogP contribution is -2.13. The van der Waals surface area contributed by atoms with E-state index in [1.807, 2.05) is 17.5 Å². The zero-order valence-electron chi connectivity index (χ0n) is 9.59. The van der Waals surface area contributed by atoms with Gasteiger partial charge in [0, 0.05) is 10.5 Å². The van der Waals surface area contributed by atoms with Crippen molar-refractivity contribution in [3.05, 3.63) is 39.7 Å². The highest BCUT2D eigenvalue weighted by Gasteiger charge is 2.15. The molecular formula is C12H8ClN3OS2. The molecule has 3 rings (SSSR count). The van der Waals surface area contributed by atoms with Crippen LogP contribution < -0.4 is 5.32 Å². The summed E-state index contributed by atoms with van der Waals surface area (Å²) in [6, 6.07) is 7.16. The normalized spacial score (nSPS) is 14.5. The molecule has 2 aromatic heterocycles. The molecule has 1 N–H and O–H groups in total. The van der Waals surface area contributed by atoms with Gasteiger partial charge in [0.1, 0.15) is 11.0 Å². The Morgan fingerprint density at radius 1 is 1.26 bits per heavy atom. The Balaban J connectivity index is 1.86. The maximum atomic E-state index is 11.9. The molecule has 0 saturated carbocycles. The maximum absolute atomic E-state index is 11.9. The van der Waals surface area contributed by atoms with E-state index in [2.05, 4.69) is 15.3 Å². The van der Waals surface area contributed by atoms with Crippen LogP contribution in [0.1, 0.15) is 0 Å². The van der Waals surface area contributed by atoms with Crippen LogP contribution in [0.5, 0.6) is 0 Å². The fraction of sp³-hybridized carbons (Fsp3) is 0.0833. The number of halogens is 1. The number of nitrogens with one attached hydrogen (secondary N) is 1. The highest BCUT2D eigenvalue weighted by atomic mass is 35.5. The number of hydrogen-bond acceptors (Lipinski definition) is 5. The van der Waals surface area contributed by atoms with Gasteiger partial charge in [-0.3, -0.25) is 4.79 Å². The quantitative estimate of drug-likeness (QED) is 0.860. The minimum absolute atomic E-state index is 0.135. The van der Waals surface area contributed by atoms with E-state index in [-0.39, 0.29) is 5.91 Å². The molecule has 0 radical (unpaired) electrons. The molecule has 1 amide bonds. The van der Waals surface area contributed by atoms with Crippen LogP contribution >= 0.6 is 35.1 Å². The van der Waals surface area contributed by atoms with Crippen molar-refractivity contribution >= 4 is 57.9 Å². The van der Waals surface area contributed by atoms with Gasteiger partial charge in [0.2, 0.25) is 0 Å². The standard InChI is InChI=1S/C12H8ClN3OS2/c13-9-3-1-7-2-4-10(15-11(7)14-9)16-12(17)8-5-18-6-19-8/h1-5H,6H2,(H,14,15,16,17). The summed E-state index contributed by atoms with van der Waals surface area (Å²) in [6.45, 7) is 0. The van der Waals surface area contributed by atoms with Crippen LogP contribution in [-0.2, 0) is 4.79 Å². The molecule has 0 aromatic carbocycles. The monoisotopic (exact) mass is 309 g/mol. The number of hydrogen-bond donors (Lipinski definition) is 1. The molecule has 2 aromatic rings. The molecule has 0 fully saturated rings. The Labute approximate surface area is 123 Å². The van der Waals surface area contributed by atoms with Crippen molar-refractivity contribution in [3.63, 3.8) is 0 Å². The van der Waals surface area contributed by atoms with Crippen molar-refractivity contribution in [2.45, 2.75) is 0 Å². The summed E-state index contributed by atoms with van der Waals surface area (Å²) >= 11 is 8.97. The van der Waals surface area contributed by atoms with E-state index in [9.17, 15) is 4.79 Å². The van der Waals surface area contributed by atoms with Crippen molar-refractivity contribution in [1.82, 2.24) is 9.97 Å². The number of amides is 1. The Morgan fingerprint density at radius 3 is 2.89 bits per heavy atom. The highest BCUT2D eigenvalue weighted by molar-refractivity contribution is 8.22. The molecule has 0 spiro atoms. The van der Waals surface area contributed by atoms with Gasteiger partial charge in [0.05, 0.1) is 4.91 Å². The van der Waals surface area contributed by atoms with Gasteiger partial charge in [-0.05, 0) is 29.7 Å². The third kappa shape index (κ3) is 2.86. The Hall–Kier alpha value is -1.24. The summed E-state index contributed by atoms with van der Waals surface area (Å²) in [7, 11) is 0.